The van der Waals surface area contributed by atoms with Crippen molar-refractivity contribution >= 4 is 0 Å². The van der Waals surface area contributed by atoms with Crippen molar-refractivity contribution in [3.63, 3.8) is 0 Å². The number of rotatable bonds is 7. The molecule has 0 radical (unpaired) electrons. The molecule has 0 bridgehead atoms. The molecule has 1 aromatic carbocycles. The van der Waals surface area contributed by atoms with Gasteiger partial charge in [0.15, 0.2) is 0 Å². The van der Waals surface area contributed by atoms with Gasteiger partial charge in [0, 0.05) is 25.2 Å². The Hall–Kier alpha value is -0.900. The predicted molar refractivity (Wildman–Crippen MR) is 83.4 cm³/mol. The van der Waals surface area contributed by atoms with E-state index >= 15 is 0 Å². The first-order chi connectivity index (χ1) is 8.93. The second-order valence-electron chi connectivity index (χ2n) is 5.72. The van der Waals surface area contributed by atoms with Crippen LogP contribution in [0.5, 0.6) is 0 Å². The average molecular weight is 263 g/mol. The van der Waals surface area contributed by atoms with E-state index in [-0.39, 0.29) is 6.04 Å². The van der Waals surface area contributed by atoms with Crippen molar-refractivity contribution in [2.45, 2.75) is 32.9 Å². The molecule has 0 aliphatic heterocycles. The zero-order valence-electron chi connectivity index (χ0n) is 13.1. The van der Waals surface area contributed by atoms with Crippen LogP contribution < -0.4 is 5.73 Å². The molecular weight excluding hydrogens is 234 g/mol. The SMILES string of the molecule is CCN(CC(N)c1cccc(C)c1)C(C)CN(C)C. The summed E-state index contributed by atoms with van der Waals surface area (Å²) >= 11 is 0. The molecule has 0 aromatic heterocycles. The first kappa shape index (κ1) is 16.2. The summed E-state index contributed by atoms with van der Waals surface area (Å²) in [6.07, 6.45) is 0. The molecule has 2 atom stereocenters. The van der Waals surface area contributed by atoms with Crippen LogP contribution in [0.2, 0.25) is 0 Å². The summed E-state index contributed by atoms with van der Waals surface area (Å²) in [7, 11) is 4.23. The summed E-state index contributed by atoms with van der Waals surface area (Å²) in [5, 5.41) is 0. The van der Waals surface area contributed by atoms with Gasteiger partial charge in [0.1, 0.15) is 0 Å². The quantitative estimate of drug-likeness (QED) is 0.819. The van der Waals surface area contributed by atoms with E-state index in [1.54, 1.807) is 0 Å². The number of hydrogen-bond donors (Lipinski definition) is 1. The van der Waals surface area contributed by atoms with Gasteiger partial charge in [0.05, 0.1) is 0 Å². The van der Waals surface area contributed by atoms with Crippen LogP contribution in [0.15, 0.2) is 24.3 Å². The third-order valence-corrected chi connectivity index (χ3v) is 3.56. The monoisotopic (exact) mass is 263 g/mol. The van der Waals surface area contributed by atoms with Crippen LogP contribution in [0.4, 0.5) is 0 Å². The third kappa shape index (κ3) is 5.31. The molecule has 0 aliphatic carbocycles. The maximum atomic E-state index is 6.35. The average Bonchev–Trinajstić information content (AvgIpc) is 2.34. The molecule has 0 saturated heterocycles. The third-order valence-electron chi connectivity index (χ3n) is 3.56. The normalized spacial score (nSPS) is 14.9. The van der Waals surface area contributed by atoms with Crippen molar-refractivity contribution in [1.29, 1.82) is 0 Å². The largest absolute Gasteiger partial charge is 0.323 e. The van der Waals surface area contributed by atoms with E-state index in [2.05, 4.69) is 68.9 Å². The highest BCUT2D eigenvalue weighted by Gasteiger charge is 2.17. The Bertz CT molecular complexity index is 376. The van der Waals surface area contributed by atoms with E-state index in [1.165, 1.54) is 11.1 Å². The van der Waals surface area contributed by atoms with E-state index in [1.807, 2.05) is 0 Å². The number of hydrogen-bond acceptors (Lipinski definition) is 3. The highest BCUT2D eigenvalue weighted by Crippen LogP contribution is 2.15. The van der Waals surface area contributed by atoms with Crippen molar-refractivity contribution in [3.05, 3.63) is 35.4 Å². The molecule has 2 N–H and O–H groups in total. The minimum absolute atomic E-state index is 0.0875. The lowest BCUT2D eigenvalue weighted by atomic mass is 10.0. The highest BCUT2D eigenvalue weighted by molar-refractivity contribution is 5.25. The van der Waals surface area contributed by atoms with Crippen molar-refractivity contribution in [2.24, 2.45) is 5.73 Å². The maximum absolute atomic E-state index is 6.35. The van der Waals surface area contributed by atoms with Crippen molar-refractivity contribution in [3.8, 4) is 0 Å². The fourth-order valence-electron chi connectivity index (χ4n) is 2.52. The smallest absolute Gasteiger partial charge is 0.0424 e. The van der Waals surface area contributed by atoms with E-state index in [0.717, 1.165) is 19.6 Å². The summed E-state index contributed by atoms with van der Waals surface area (Å²) in [6, 6.07) is 9.13. The van der Waals surface area contributed by atoms with Gasteiger partial charge in [0.2, 0.25) is 0 Å². The van der Waals surface area contributed by atoms with Gasteiger partial charge in [-0.2, -0.15) is 0 Å². The fraction of sp³-hybridized carbons (Fsp3) is 0.625. The number of benzene rings is 1. The summed E-state index contributed by atoms with van der Waals surface area (Å²) in [6.45, 7) is 9.60. The Kier molecular flexibility index (Phi) is 6.49. The molecule has 108 valence electrons. The minimum Gasteiger partial charge on any atom is -0.323 e. The molecule has 0 aliphatic rings. The Morgan fingerprint density at radius 3 is 2.42 bits per heavy atom. The molecule has 19 heavy (non-hydrogen) atoms. The van der Waals surface area contributed by atoms with E-state index in [4.69, 9.17) is 5.73 Å². The van der Waals surface area contributed by atoms with Crippen molar-refractivity contribution < 1.29 is 0 Å². The van der Waals surface area contributed by atoms with Gasteiger partial charge in [-0.3, -0.25) is 4.90 Å². The van der Waals surface area contributed by atoms with Gasteiger partial charge in [-0.05, 0) is 40.1 Å². The molecule has 0 amide bonds. The van der Waals surface area contributed by atoms with Crippen LogP contribution in [-0.2, 0) is 0 Å². The first-order valence-corrected chi connectivity index (χ1v) is 7.15. The molecule has 0 heterocycles. The molecule has 0 fully saturated rings. The zero-order chi connectivity index (χ0) is 14.4. The summed E-state index contributed by atoms with van der Waals surface area (Å²) in [5.74, 6) is 0. The predicted octanol–water partition coefficient (Wildman–Crippen LogP) is 2.27. The number of nitrogens with zero attached hydrogens (tertiary/aromatic N) is 2. The van der Waals surface area contributed by atoms with Crippen LogP contribution in [0, 0.1) is 6.92 Å². The second-order valence-corrected chi connectivity index (χ2v) is 5.72. The number of aryl methyl sites for hydroxylation is 1. The summed E-state index contributed by atoms with van der Waals surface area (Å²) < 4.78 is 0. The standard InChI is InChI=1S/C16H29N3/c1-6-19(14(3)11-18(4)5)12-16(17)15-9-7-8-13(2)10-15/h7-10,14,16H,6,11-12,17H2,1-5H3. The lowest BCUT2D eigenvalue weighted by Gasteiger charge is -2.32. The van der Waals surface area contributed by atoms with E-state index < -0.39 is 0 Å². The van der Waals surface area contributed by atoms with Crippen molar-refractivity contribution in [1.82, 2.24) is 9.80 Å². The van der Waals surface area contributed by atoms with Gasteiger partial charge in [-0.25, -0.2) is 0 Å². The van der Waals surface area contributed by atoms with Gasteiger partial charge < -0.3 is 10.6 Å². The number of likely N-dealkylation sites (N-methyl/N-ethyl adjacent to an activating group) is 2. The molecule has 2 unspecified atom stereocenters. The summed E-state index contributed by atoms with van der Waals surface area (Å²) in [4.78, 5) is 4.68. The van der Waals surface area contributed by atoms with Gasteiger partial charge in [-0.15, -0.1) is 0 Å². The zero-order valence-corrected chi connectivity index (χ0v) is 13.1. The van der Waals surface area contributed by atoms with Gasteiger partial charge in [-0.1, -0.05) is 36.8 Å². The Morgan fingerprint density at radius 1 is 1.21 bits per heavy atom. The van der Waals surface area contributed by atoms with Crippen LogP contribution in [0.25, 0.3) is 0 Å². The molecule has 1 aromatic rings. The van der Waals surface area contributed by atoms with Gasteiger partial charge in [0.25, 0.3) is 0 Å². The molecule has 1 rings (SSSR count). The van der Waals surface area contributed by atoms with E-state index in [0.29, 0.717) is 6.04 Å². The van der Waals surface area contributed by atoms with Crippen molar-refractivity contribution in [2.75, 3.05) is 33.7 Å². The molecule has 0 spiro atoms. The molecule has 3 nitrogen and oxygen atoms in total. The van der Waals surface area contributed by atoms with E-state index in [9.17, 15) is 0 Å². The Morgan fingerprint density at radius 2 is 1.89 bits per heavy atom. The number of nitrogens with two attached hydrogens (primary N) is 1. The molecular formula is C16H29N3. The fourth-order valence-corrected chi connectivity index (χ4v) is 2.52. The summed E-state index contributed by atoms with van der Waals surface area (Å²) in [5.41, 5.74) is 8.86. The van der Waals surface area contributed by atoms with Crippen LogP contribution in [0.1, 0.15) is 31.0 Å². The topological polar surface area (TPSA) is 32.5 Å². The van der Waals surface area contributed by atoms with Crippen LogP contribution >= 0.6 is 0 Å². The first-order valence-electron chi connectivity index (χ1n) is 7.15. The lowest BCUT2D eigenvalue weighted by Crippen LogP contribution is -2.43. The van der Waals surface area contributed by atoms with Crippen LogP contribution in [-0.4, -0.2) is 49.6 Å². The highest BCUT2D eigenvalue weighted by atomic mass is 15.2. The second kappa shape index (κ2) is 7.63. The lowest BCUT2D eigenvalue weighted by molar-refractivity contribution is 0.172. The van der Waals surface area contributed by atoms with Crippen LogP contribution in [0.3, 0.4) is 0 Å². The maximum Gasteiger partial charge on any atom is 0.0424 e. The molecule has 0 saturated carbocycles. The Balaban J connectivity index is 2.65. The molecule has 3 heteroatoms. The van der Waals surface area contributed by atoms with Gasteiger partial charge >= 0.3 is 0 Å². The Labute approximate surface area is 118 Å². The minimum atomic E-state index is 0.0875.